The first kappa shape index (κ1) is 19.9. The second-order valence-electron chi connectivity index (χ2n) is 6.82. The Bertz CT molecular complexity index is 700. The van der Waals surface area contributed by atoms with Gasteiger partial charge in [-0.15, -0.1) is 0 Å². The van der Waals surface area contributed by atoms with E-state index in [0.717, 1.165) is 19.5 Å². The van der Waals surface area contributed by atoms with Crippen LogP contribution in [-0.4, -0.2) is 92.7 Å². The molecular weight excluding hydrogens is 370 g/mol. The lowest BCUT2D eigenvalue weighted by Gasteiger charge is -2.40. The van der Waals surface area contributed by atoms with Crippen molar-refractivity contribution in [3.63, 3.8) is 0 Å². The first-order valence-electron chi connectivity index (χ1n) is 9.19. The highest BCUT2D eigenvalue weighted by molar-refractivity contribution is 6.30. The lowest BCUT2D eigenvalue weighted by Crippen LogP contribution is -2.60. The largest absolute Gasteiger partial charge is 0.496 e. The molecule has 2 aliphatic rings. The monoisotopic (exact) mass is 395 g/mol. The number of nitrogens with zero attached hydrogens (tertiary/aromatic N) is 3. The van der Waals surface area contributed by atoms with E-state index in [4.69, 9.17) is 21.1 Å². The molecule has 2 heterocycles. The third-order valence-electron chi connectivity index (χ3n) is 5.21. The van der Waals surface area contributed by atoms with Crippen LogP contribution >= 0.6 is 11.6 Å². The first-order chi connectivity index (χ1) is 13.0. The summed E-state index contributed by atoms with van der Waals surface area (Å²) in [6.07, 6.45) is 0.837. The van der Waals surface area contributed by atoms with E-state index in [1.807, 2.05) is 4.90 Å². The minimum atomic E-state index is -0.305. The van der Waals surface area contributed by atoms with Gasteiger partial charge in [0, 0.05) is 51.4 Å². The molecule has 148 valence electrons. The maximum atomic E-state index is 13.1. The predicted molar refractivity (Wildman–Crippen MR) is 102 cm³/mol. The summed E-state index contributed by atoms with van der Waals surface area (Å²) >= 11 is 6.01. The molecule has 1 unspecified atom stereocenters. The van der Waals surface area contributed by atoms with Gasteiger partial charge in [-0.1, -0.05) is 11.6 Å². The summed E-state index contributed by atoms with van der Waals surface area (Å²) in [5, 5.41) is 0.515. The highest BCUT2D eigenvalue weighted by Gasteiger charge is 2.38. The van der Waals surface area contributed by atoms with Crippen LogP contribution in [0.25, 0.3) is 0 Å². The zero-order chi connectivity index (χ0) is 19.4. The summed E-state index contributed by atoms with van der Waals surface area (Å²) in [6.45, 7) is 4.44. The smallest absolute Gasteiger partial charge is 0.257 e. The summed E-state index contributed by atoms with van der Waals surface area (Å²) < 4.78 is 10.4. The van der Waals surface area contributed by atoms with Crippen LogP contribution in [0.3, 0.4) is 0 Å². The van der Waals surface area contributed by atoms with E-state index in [9.17, 15) is 9.59 Å². The van der Waals surface area contributed by atoms with Gasteiger partial charge in [-0.25, -0.2) is 0 Å². The molecule has 0 radical (unpaired) electrons. The van der Waals surface area contributed by atoms with Crippen molar-refractivity contribution in [1.82, 2.24) is 14.7 Å². The van der Waals surface area contributed by atoms with Crippen LogP contribution in [0.5, 0.6) is 5.75 Å². The number of ether oxygens (including phenoxy) is 2. The Kier molecular flexibility index (Phi) is 6.57. The normalized spacial score (nSPS) is 21.0. The molecule has 2 aliphatic heterocycles. The van der Waals surface area contributed by atoms with Crippen molar-refractivity contribution in [3.05, 3.63) is 28.8 Å². The van der Waals surface area contributed by atoms with E-state index in [2.05, 4.69) is 4.90 Å². The van der Waals surface area contributed by atoms with Crippen LogP contribution < -0.4 is 4.74 Å². The third kappa shape index (κ3) is 4.36. The number of hydrogen-bond donors (Lipinski definition) is 0. The van der Waals surface area contributed by atoms with E-state index >= 15 is 0 Å². The number of hydrogen-bond acceptors (Lipinski definition) is 5. The Morgan fingerprint density at radius 2 is 2.04 bits per heavy atom. The molecule has 0 aromatic heterocycles. The van der Waals surface area contributed by atoms with E-state index in [0.29, 0.717) is 49.1 Å². The van der Waals surface area contributed by atoms with Gasteiger partial charge in [-0.05, 0) is 24.6 Å². The number of amides is 2. The van der Waals surface area contributed by atoms with Crippen molar-refractivity contribution in [1.29, 1.82) is 0 Å². The predicted octanol–water partition coefficient (Wildman–Crippen LogP) is 1.35. The fourth-order valence-corrected chi connectivity index (χ4v) is 3.89. The molecule has 2 fully saturated rings. The van der Waals surface area contributed by atoms with Crippen molar-refractivity contribution < 1.29 is 19.1 Å². The number of rotatable bonds is 5. The number of carbonyl (C=O) groups is 2. The molecule has 1 atom stereocenters. The quantitative estimate of drug-likeness (QED) is 0.753. The maximum Gasteiger partial charge on any atom is 0.257 e. The molecule has 0 bridgehead atoms. The number of halogens is 1. The average molecular weight is 396 g/mol. The molecule has 0 N–H and O–H groups in total. The van der Waals surface area contributed by atoms with Crippen LogP contribution in [0.2, 0.25) is 5.02 Å². The van der Waals surface area contributed by atoms with Gasteiger partial charge in [-0.3, -0.25) is 14.5 Å². The van der Waals surface area contributed by atoms with Crippen LogP contribution in [0.1, 0.15) is 16.8 Å². The highest BCUT2D eigenvalue weighted by atomic mass is 35.5. The van der Waals surface area contributed by atoms with Gasteiger partial charge in [0.15, 0.2) is 0 Å². The van der Waals surface area contributed by atoms with Crippen LogP contribution in [0, 0.1) is 0 Å². The topological polar surface area (TPSA) is 62.3 Å². The maximum absolute atomic E-state index is 13.1. The lowest BCUT2D eigenvalue weighted by atomic mass is 10.1. The summed E-state index contributed by atoms with van der Waals surface area (Å²) in [6, 6.07) is 4.69. The molecule has 0 aliphatic carbocycles. The lowest BCUT2D eigenvalue weighted by molar-refractivity contribution is -0.142. The van der Waals surface area contributed by atoms with Crippen molar-refractivity contribution in [3.8, 4) is 5.75 Å². The molecule has 8 heteroatoms. The highest BCUT2D eigenvalue weighted by Crippen LogP contribution is 2.26. The number of methoxy groups -OCH3 is 2. The molecule has 2 amide bonds. The molecular formula is C19H26ClN3O4. The molecule has 1 aromatic carbocycles. The summed E-state index contributed by atoms with van der Waals surface area (Å²) in [7, 11) is 3.15. The molecule has 2 saturated heterocycles. The zero-order valence-corrected chi connectivity index (χ0v) is 16.6. The number of carbonyl (C=O) groups excluding carboxylic acids is 2. The Balaban J connectivity index is 1.78. The minimum Gasteiger partial charge on any atom is -0.496 e. The Morgan fingerprint density at radius 1 is 1.22 bits per heavy atom. The molecule has 1 aromatic rings. The van der Waals surface area contributed by atoms with E-state index in [1.54, 1.807) is 30.2 Å². The minimum absolute atomic E-state index is 0.0704. The standard InChI is InChI=1S/C19H26ClN3O4/c1-26-11-10-22-9-8-21-6-3-7-23(13-16(21)19(22)25)18(24)15-5-4-14(20)12-17(15)27-2/h4-5,12,16H,3,6-11,13H2,1-2H3. The summed E-state index contributed by atoms with van der Waals surface area (Å²) in [5.41, 5.74) is 0.467. The van der Waals surface area contributed by atoms with Gasteiger partial charge in [0.05, 0.1) is 19.3 Å². The summed E-state index contributed by atoms with van der Waals surface area (Å²) in [5.74, 6) is 0.388. The second-order valence-corrected chi connectivity index (χ2v) is 7.26. The van der Waals surface area contributed by atoms with Gasteiger partial charge in [0.1, 0.15) is 11.8 Å². The van der Waals surface area contributed by atoms with Gasteiger partial charge in [-0.2, -0.15) is 0 Å². The van der Waals surface area contributed by atoms with Crippen LogP contribution in [0.4, 0.5) is 0 Å². The number of fused-ring (bicyclic) bond motifs is 1. The van der Waals surface area contributed by atoms with Crippen molar-refractivity contribution in [2.45, 2.75) is 12.5 Å². The van der Waals surface area contributed by atoms with E-state index in [1.165, 1.54) is 7.11 Å². The van der Waals surface area contributed by atoms with Crippen LogP contribution in [-0.2, 0) is 9.53 Å². The molecule has 3 rings (SSSR count). The van der Waals surface area contributed by atoms with Gasteiger partial charge < -0.3 is 19.3 Å². The first-order valence-corrected chi connectivity index (χ1v) is 9.57. The van der Waals surface area contributed by atoms with Crippen molar-refractivity contribution in [2.75, 3.05) is 60.1 Å². The van der Waals surface area contributed by atoms with Gasteiger partial charge in [0.2, 0.25) is 5.91 Å². The number of benzene rings is 1. The Labute approximate surface area is 164 Å². The van der Waals surface area contributed by atoms with E-state index in [-0.39, 0.29) is 17.9 Å². The molecule has 7 nitrogen and oxygen atoms in total. The van der Waals surface area contributed by atoms with Gasteiger partial charge in [0.25, 0.3) is 5.91 Å². The third-order valence-corrected chi connectivity index (χ3v) is 5.44. The molecule has 27 heavy (non-hydrogen) atoms. The van der Waals surface area contributed by atoms with Crippen molar-refractivity contribution >= 4 is 23.4 Å². The van der Waals surface area contributed by atoms with E-state index < -0.39 is 0 Å². The Morgan fingerprint density at radius 3 is 2.78 bits per heavy atom. The fourth-order valence-electron chi connectivity index (χ4n) is 3.73. The molecule has 0 spiro atoms. The fraction of sp³-hybridized carbons (Fsp3) is 0.579. The molecule has 0 saturated carbocycles. The Hall–Kier alpha value is -1.83. The SMILES string of the molecule is COCCN1CCN2CCCN(C(=O)c3ccc(Cl)cc3OC)CC2C1=O. The van der Waals surface area contributed by atoms with Crippen LogP contribution in [0.15, 0.2) is 18.2 Å². The summed E-state index contributed by atoms with van der Waals surface area (Å²) in [4.78, 5) is 31.8. The van der Waals surface area contributed by atoms with Gasteiger partial charge >= 0.3 is 0 Å². The average Bonchev–Trinajstić information content (AvgIpc) is 2.90. The zero-order valence-electron chi connectivity index (χ0n) is 15.8. The number of piperazine rings is 1. The second kappa shape index (κ2) is 8.91. The van der Waals surface area contributed by atoms with Crippen molar-refractivity contribution in [2.24, 2.45) is 0 Å².